The molecule has 0 saturated heterocycles. The summed E-state index contributed by atoms with van der Waals surface area (Å²) in [6.45, 7) is 1.96. The predicted octanol–water partition coefficient (Wildman–Crippen LogP) is 7.43. The number of halogens is 1. The van der Waals surface area contributed by atoms with Gasteiger partial charge in [0.25, 0.3) is 11.8 Å². The molecule has 3 amide bonds. The molecule has 1 atom stereocenters. The Morgan fingerprint density at radius 3 is 2.19 bits per heavy atom. The lowest BCUT2D eigenvalue weighted by molar-refractivity contribution is -0.116. The van der Waals surface area contributed by atoms with Crippen LogP contribution in [0.15, 0.2) is 118 Å². The average Bonchev–Trinajstić information content (AvgIpc) is 3.01. The number of carbonyl (C=O) groups is 3. The lowest BCUT2D eigenvalue weighted by Gasteiger charge is -2.16. The van der Waals surface area contributed by atoms with Gasteiger partial charge in [-0.05, 0) is 84.8 Å². The molecule has 3 N–H and O–H groups in total. The summed E-state index contributed by atoms with van der Waals surface area (Å²) < 4.78 is 0.936. The SMILES string of the molecule is CCC(Sc1cccc(NC(=O)/C(=C\c2ccc(N(C)C)cc2)NC(=O)c2ccccc2)c1)C(=O)Nc1ccc(Br)cc1. The summed E-state index contributed by atoms with van der Waals surface area (Å²) in [5.74, 6) is -0.958. The summed E-state index contributed by atoms with van der Waals surface area (Å²) in [7, 11) is 3.90. The number of hydrogen-bond acceptors (Lipinski definition) is 5. The monoisotopic (exact) mass is 656 g/mol. The zero-order valence-corrected chi connectivity index (χ0v) is 26.5. The van der Waals surface area contributed by atoms with Gasteiger partial charge in [-0.25, -0.2) is 0 Å². The van der Waals surface area contributed by atoms with Gasteiger partial charge in [-0.2, -0.15) is 0 Å². The van der Waals surface area contributed by atoms with Gasteiger partial charge < -0.3 is 20.9 Å². The molecule has 0 heterocycles. The van der Waals surface area contributed by atoms with Crippen molar-refractivity contribution < 1.29 is 14.4 Å². The van der Waals surface area contributed by atoms with Crippen molar-refractivity contribution in [1.29, 1.82) is 0 Å². The maximum Gasteiger partial charge on any atom is 0.272 e. The molecule has 7 nitrogen and oxygen atoms in total. The third kappa shape index (κ3) is 9.33. The van der Waals surface area contributed by atoms with Gasteiger partial charge >= 0.3 is 0 Å². The number of anilines is 3. The zero-order chi connectivity index (χ0) is 30.8. The predicted molar refractivity (Wildman–Crippen MR) is 180 cm³/mol. The van der Waals surface area contributed by atoms with Gasteiger partial charge in [0.2, 0.25) is 5.91 Å². The van der Waals surface area contributed by atoms with Gasteiger partial charge in [0.05, 0.1) is 5.25 Å². The molecule has 4 aromatic rings. The Kier molecular flexibility index (Phi) is 11.2. The van der Waals surface area contributed by atoms with Crippen LogP contribution in [-0.2, 0) is 9.59 Å². The van der Waals surface area contributed by atoms with Crippen molar-refractivity contribution in [2.75, 3.05) is 29.6 Å². The van der Waals surface area contributed by atoms with Gasteiger partial charge in [-0.3, -0.25) is 14.4 Å². The molecule has 0 radical (unpaired) electrons. The molecule has 0 spiro atoms. The van der Waals surface area contributed by atoms with Crippen molar-refractivity contribution in [3.05, 3.63) is 124 Å². The first-order chi connectivity index (χ1) is 20.7. The summed E-state index contributed by atoms with van der Waals surface area (Å²) in [6.07, 6.45) is 2.27. The molecule has 220 valence electrons. The van der Waals surface area contributed by atoms with Crippen molar-refractivity contribution in [3.8, 4) is 0 Å². The minimum Gasteiger partial charge on any atom is -0.378 e. The first-order valence-corrected chi connectivity index (χ1v) is 15.4. The number of hydrogen-bond donors (Lipinski definition) is 3. The van der Waals surface area contributed by atoms with Crippen LogP contribution in [0.25, 0.3) is 6.08 Å². The first-order valence-electron chi connectivity index (χ1n) is 13.7. The standard InChI is InChI=1S/C34H33BrN4O3S/c1-4-31(34(42)36-26-17-15-25(35)16-18-26)43-29-12-8-11-27(22-29)37-33(41)30(38-32(40)24-9-6-5-7-10-24)21-23-13-19-28(20-14-23)39(2)3/h5-22,31H,4H2,1-3H3,(H,36,42)(H,37,41)(H,38,40)/b30-21+. The normalized spacial score (nSPS) is 11.8. The minimum absolute atomic E-state index is 0.0987. The average molecular weight is 658 g/mol. The fourth-order valence-corrected chi connectivity index (χ4v) is 5.34. The van der Waals surface area contributed by atoms with Crippen LogP contribution in [0.4, 0.5) is 17.1 Å². The van der Waals surface area contributed by atoms with Crippen LogP contribution in [0.3, 0.4) is 0 Å². The van der Waals surface area contributed by atoms with Crippen LogP contribution < -0.4 is 20.9 Å². The molecule has 43 heavy (non-hydrogen) atoms. The van der Waals surface area contributed by atoms with E-state index in [2.05, 4.69) is 31.9 Å². The molecule has 0 fully saturated rings. The van der Waals surface area contributed by atoms with E-state index in [1.807, 2.05) is 98.7 Å². The summed E-state index contributed by atoms with van der Waals surface area (Å²) in [4.78, 5) is 42.3. The van der Waals surface area contributed by atoms with E-state index in [-0.39, 0.29) is 16.9 Å². The number of carbonyl (C=O) groups excluding carboxylic acids is 3. The second kappa shape index (κ2) is 15.2. The molecule has 0 aliphatic heterocycles. The Balaban J connectivity index is 1.51. The third-order valence-electron chi connectivity index (χ3n) is 6.39. The molecular formula is C34H33BrN4O3S. The molecule has 4 aromatic carbocycles. The highest BCUT2D eigenvalue weighted by atomic mass is 79.9. The Hall–Kier alpha value is -4.34. The Bertz CT molecular complexity index is 1590. The summed E-state index contributed by atoms with van der Waals surface area (Å²) in [5.41, 5.74) is 3.58. The lowest BCUT2D eigenvalue weighted by Crippen LogP contribution is -2.30. The topological polar surface area (TPSA) is 90.5 Å². The van der Waals surface area contributed by atoms with E-state index < -0.39 is 11.8 Å². The number of benzene rings is 4. The van der Waals surface area contributed by atoms with Crippen LogP contribution in [0.1, 0.15) is 29.3 Å². The first kappa shape index (κ1) is 31.6. The molecule has 0 aliphatic rings. The number of amides is 3. The maximum atomic E-state index is 13.5. The lowest BCUT2D eigenvalue weighted by atomic mass is 10.1. The summed E-state index contributed by atoms with van der Waals surface area (Å²) in [5, 5.41) is 8.31. The van der Waals surface area contributed by atoms with E-state index >= 15 is 0 Å². The van der Waals surface area contributed by atoms with Gasteiger partial charge in [0, 0.05) is 46.1 Å². The zero-order valence-electron chi connectivity index (χ0n) is 24.1. The largest absolute Gasteiger partial charge is 0.378 e. The van der Waals surface area contributed by atoms with Crippen molar-refractivity contribution in [2.45, 2.75) is 23.5 Å². The van der Waals surface area contributed by atoms with Crippen molar-refractivity contribution in [1.82, 2.24) is 5.32 Å². The van der Waals surface area contributed by atoms with Crippen LogP contribution in [0.5, 0.6) is 0 Å². The Morgan fingerprint density at radius 1 is 0.837 bits per heavy atom. The molecule has 0 bridgehead atoms. The Morgan fingerprint density at radius 2 is 1.53 bits per heavy atom. The highest BCUT2D eigenvalue weighted by molar-refractivity contribution is 9.10. The molecule has 9 heteroatoms. The number of nitrogens with one attached hydrogen (secondary N) is 3. The van der Waals surface area contributed by atoms with Crippen molar-refractivity contribution in [3.63, 3.8) is 0 Å². The highest BCUT2D eigenvalue weighted by Crippen LogP contribution is 2.29. The van der Waals surface area contributed by atoms with E-state index in [0.717, 1.165) is 26.3 Å². The highest BCUT2D eigenvalue weighted by Gasteiger charge is 2.19. The van der Waals surface area contributed by atoms with Crippen LogP contribution >= 0.6 is 27.7 Å². The fourth-order valence-electron chi connectivity index (χ4n) is 4.07. The van der Waals surface area contributed by atoms with Crippen LogP contribution in [0, 0.1) is 0 Å². The fraction of sp³-hybridized carbons (Fsp3) is 0.147. The summed E-state index contributed by atoms with van der Waals surface area (Å²) in [6, 6.07) is 31.1. The second-order valence-electron chi connectivity index (χ2n) is 9.86. The maximum absolute atomic E-state index is 13.5. The van der Waals surface area contributed by atoms with E-state index in [4.69, 9.17) is 0 Å². The molecular weight excluding hydrogens is 624 g/mol. The van der Waals surface area contributed by atoms with E-state index in [1.54, 1.807) is 36.4 Å². The van der Waals surface area contributed by atoms with Crippen LogP contribution in [0.2, 0.25) is 0 Å². The van der Waals surface area contributed by atoms with E-state index in [1.165, 1.54) is 11.8 Å². The van der Waals surface area contributed by atoms with Gasteiger partial charge in [-0.1, -0.05) is 59.3 Å². The van der Waals surface area contributed by atoms with Gasteiger partial charge in [0.1, 0.15) is 5.70 Å². The molecule has 0 saturated carbocycles. The van der Waals surface area contributed by atoms with Crippen LogP contribution in [-0.4, -0.2) is 37.1 Å². The summed E-state index contributed by atoms with van der Waals surface area (Å²) >= 11 is 4.83. The number of rotatable bonds is 11. The molecule has 4 rings (SSSR count). The Labute approximate surface area is 264 Å². The third-order valence-corrected chi connectivity index (χ3v) is 8.28. The minimum atomic E-state index is -0.469. The van der Waals surface area contributed by atoms with Crippen molar-refractivity contribution in [2.24, 2.45) is 0 Å². The molecule has 0 aromatic heterocycles. The molecule has 1 unspecified atom stereocenters. The quantitative estimate of drug-likeness (QED) is 0.115. The van der Waals surface area contributed by atoms with Crippen molar-refractivity contribution >= 4 is 68.6 Å². The van der Waals surface area contributed by atoms with Gasteiger partial charge in [0.15, 0.2) is 0 Å². The van der Waals surface area contributed by atoms with E-state index in [9.17, 15) is 14.4 Å². The second-order valence-corrected chi connectivity index (χ2v) is 12.0. The number of nitrogens with zero attached hydrogens (tertiary/aromatic N) is 1. The van der Waals surface area contributed by atoms with Gasteiger partial charge in [-0.15, -0.1) is 11.8 Å². The smallest absolute Gasteiger partial charge is 0.272 e. The number of thioether (sulfide) groups is 1. The molecule has 0 aliphatic carbocycles. The van der Waals surface area contributed by atoms with E-state index in [0.29, 0.717) is 17.7 Å².